The van der Waals surface area contributed by atoms with E-state index in [0.717, 1.165) is 11.9 Å². The van der Waals surface area contributed by atoms with Gasteiger partial charge in [0.25, 0.3) is 5.91 Å². The van der Waals surface area contributed by atoms with Crippen molar-refractivity contribution in [1.82, 2.24) is 25.0 Å². The van der Waals surface area contributed by atoms with Crippen LogP contribution >= 0.6 is 11.3 Å². The molecule has 1 aliphatic rings. The normalized spacial score (nSPS) is 15.0. The molecular weight excluding hydrogens is 531 g/mol. The fraction of sp³-hybridized carbons (Fsp3) is 0.364. The Morgan fingerprint density at radius 2 is 1.92 bits per heavy atom. The molecule has 1 fully saturated rings. The quantitative estimate of drug-likeness (QED) is 0.387. The lowest BCUT2D eigenvalue weighted by Crippen LogP contribution is -2.44. The zero-order chi connectivity index (χ0) is 26.6. The summed E-state index contributed by atoms with van der Waals surface area (Å²) in [6, 6.07) is 5.13. The fourth-order valence-corrected chi connectivity index (χ4v) is 5.44. The number of amides is 1. The molecule has 0 unspecified atom stereocenters. The standard InChI is InChI=1S/C22H24F3N7O3S2/c1-37(34,35)31-16-3-6-32(7-4-16)17-2-5-27-19(9-17)30-21-28-12-18(36-21)14-8-15(11-26-10-14)20(33)29-13-22(23,24)25/h2,5,8-12,16,31H,3-4,6-7,13H2,1H3,(H,29,33)(H,27,28,30). The lowest BCUT2D eigenvalue weighted by molar-refractivity contribution is -0.123. The van der Waals surface area contributed by atoms with Crippen LogP contribution in [0.5, 0.6) is 0 Å². The summed E-state index contributed by atoms with van der Waals surface area (Å²) in [6.45, 7) is -0.0395. The number of halogens is 3. The first kappa shape index (κ1) is 26.8. The van der Waals surface area contributed by atoms with Crippen LogP contribution in [0.2, 0.25) is 0 Å². The highest BCUT2D eigenvalue weighted by atomic mass is 32.2. The summed E-state index contributed by atoms with van der Waals surface area (Å²) in [5.74, 6) is -0.306. The first-order chi connectivity index (χ1) is 17.4. The number of pyridine rings is 2. The molecule has 15 heteroatoms. The average molecular weight is 556 g/mol. The van der Waals surface area contributed by atoms with Crippen molar-refractivity contribution in [3.8, 4) is 10.4 Å². The number of sulfonamides is 1. The van der Waals surface area contributed by atoms with Crippen molar-refractivity contribution < 1.29 is 26.4 Å². The van der Waals surface area contributed by atoms with Gasteiger partial charge in [0, 0.05) is 61.2 Å². The van der Waals surface area contributed by atoms with Crippen LogP contribution in [0.1, 0.15) is 23.2 Å². The Hall–Kier alpha value is -3.30. The summed E-state index contributed by atoms with van der Waals surface area (Å²) in [7, 11) is -3.24. The molecule has 3 N–H and O–H groups in total. The van der Waals surface area contributed by atoms with Gasteiger partial charge < -0.3 is 15.5 Å². The zero-order valence-corrected chi connectivity index (χ0v) is 21.3. The van der Waals surface area contributed by atoms with Crippen molar-refractivity contribution in [1.29, 1.82) is 0 Å². The highest BCUT2D eigenvalue weighted by molar-refractivity contribution is 7.88. The van der Waals surface area contributed by atoms with Crippen molar-refractivity contribution >= 4 is 43.9 Å². The highest BCUT2D eigenvalue weighted by Crippen LogP contribution is 2.31. The number of nitrogens with zero attached hydrogens (tertiary/aromatic N) is 4. The largest absolute Gasteiger partial charge is 0.405 e. The molecule has 4 heterocycles. The SMILES string of the molecule is CS(=O)(=O)NC1CCN(c2ccnc(Nc3ncc(-c4cncc(C(=O)NCC(F)(F)F)c4)s3)c2)CC1. The molecule has 0 aromatic carbocycles. The monoisotopic (exact) mass is 555 g/mol. The second-order valence-electron chi connectivity index (χ2n) is 8.47. The maximum absolute atomic E-state index is 12.4. The third-order valence-electron chi connectivity index (χ3n) is 5.46. The number of nitrogens with one attached hydrogen (secondary N) is 3. The number of carbonyl (C=O) groups excluding carboxylic acids is 1. The number of carbonyl (C=O) groups is 1. The minimum absolute atomic E-state index is 0.00883. The number of anilines is 3. The van der Waals surface area contributed by atoms with E-state index in [2.05, 4.69) is 29.9 Å². The average Bonchev–Trinajstić information content (AvgIpc) is 3.30. The molecule has 1 saturated heterocycles. The van der Waals surface area contributed by atoms with Crippen LogP contribution in [0.3, 0.4) is 0 Å². The van der Waals surface area contributed by atoms with Crippen LogP contribution < -0.4 is 20.3 Å². The summed E-state index contributed by atoms with van der Waals surface area (Å²) >= 11 is 1.27. The van der Waals surface area contributed by atoms with Gasteiger partial charge in [0.15, 0.2) is 5.13 Å². The number of hydrogen-bond acceptors (Lipinski definition) is 9. The van der Waals surface area contributed by atoms with E-state index in [1.165, 1.54) is 29.8 Å². The third kappa shape index (κ3) is 7.84. The van der Waals surface area contributed by atoms with Gasteiger partial charge in [-0.15, -0.1) is 0 Å². The molecule has 0 spiro atoms. The molecule has 0 atom stereocenters. The number of alkyl halides is 3. The van der Waals surface area contributed by atoms with E-state index in [0.29, 0.717) is 47.3 Å². The first-order valence-electron chi connectivity index (χ1n) is 11.2. The lowest BCUT2D eigenvalue weighted by atomic mass is 10.1. The highest BCUT2D eigenvalue weighted by Gasteiger charge is 2.28. The van der Waals surface area contributed by atoms with E-state index in [-0.39, 0.29) is 11.6 Å². The summed E-state index contributed by atoms with van der Waals surface area (Å²) in [4.78, 5) is 27.5. The van der Waals surface area contributed by atoms with Crippen LogP contribution in [0.25, 0.3) is 10.4 Å². The zero-order valence-electron chi connectivity index (χ0n) is 19.6. The van der Waals surface area contributed by atoms with Gasteiger partial charge in [-0.3, -0.25) is 9.78 Å². The Morgan fingerprint density at radius 1 is 1.16 bits per heavy atom. The summed E-state index contributed by atoms with van der Waals surface area (Å²) in [5, 5.41) is 5.50. The predicted molar refractivity (Wildman–Crippen MR) is 134 cm³/mol. The molecule has 4 rings (SSSR count). The van der Waals surface area contributed by atoms with Gasteiger partial charge in [0.2, 0.25) is 10.0 Å². The van der Waals surface area contributed by atoms with Gasteiger partial charge in [-0.05, 0) is 25.0 Å². The predicted octanol–water partition coefficient (Wildman–Crippen LogP) is 3.15. The number of hydrogen-bond donors (Lipinski definition) is 3. The number of rotatable bonds is 8. The number of aromatic nitrogens is 3. The molecule has 198 valence electrons. The van der Waals surface area contributed by atoms with Crippen LogP contribution in [0.15, 0.2) is 43.0 Å². The van der Waals surface area contributed by atoms with Crippen molar-refractivity contribution in [2.45, 2.75) is 25.1 Å². The second kappa shape index (κ2) is 11.0. The van der Waals surface area contributed by atoms with E-state index in [1.54, 1.807) is 12.4 Å². The number of thiazole rings is 1. The van der Waals surface area contributed by atoms with Gasteiger partial charge >= 0.3 is 6.18 Å². The molecule has 0 aliphatic carbocycles. The summed E-state index contributed by atoms with van der Waals surface area (Å²) in [5.41, 5.74) is 1.49. The van der Waals surface area contributed by atoms with Gasteiger partial charge in [0.1, 0.15) is 12.4 Å². The molecule has 0 saturated carbocycles. The van der Waals surface area contributed by atoms with Crippen molar-refractivity contribution in [2.75, 3.05) is 36.1 Å². The van der Waals surface area contributed by atoms with Crippen LogP contribution in [-0.2, 0) is 10.0 Å². The van der Waals surface area contributed by atoms with Gasteiger partial charge in [-0.1, -0.05) is 11.3 Å². The fourth-order valence-electron chi connectivity index (χ4n) is 3.80. The third-order valence-corrected chi connectivity index (χ3v) is 7.18. The first-order valence-corrected chi connectivity index (χ1v) is 13.9. The molecular formula is C22H24F3N7O3S2. The molecule has 0 bridgehead atoms. The Bertz CT molecular complexity index is 1360. The van der Waals surface area contributed by atoms with Crippen molar-refractivity contribution in [3.63, 3.8) is 0 Å². The van der Waals surface area contributed by atoms with E-state index in [4.69, 9.17) is 0 Å². The van der Waals surface area contributed by atoms with Crippen LogP contribution in [0, 0.1) is 0 Å². The lowest BCUT2D eigenvalue weighted by Gasteiger charge is -2.33. The van der Waals surface area contributed by atoms with E-state index >= 15 is 0 Å². The maximum atomic E-state index is 12.4. The van der Waals surface area contributed by atoms with Crippen LogP contribution in [-0.4, -0.2) is 67.4 Å². The smallest absolute Gasteiger partial charge is 0.371 e. The Morgan fingerprint density at radius 3 is 2.62 bits per heavy atom. The van der Waals surface area contributed by atoms with Crippen molar-refractivity contribution in [3.05, 3.63) is 48.5 Å². The number of piperidine rings is 1. The minimum Gasteiger partial charge on any atom is -0.371 e. The summed E-state index contributed by atoms with van der Waals surface area (Å²) in [6.07, 6.45) is 3.97. The van der Waals surface area contributed by atoms with Crippen molar-refractivity contribution in [2.24, 2.45) is 0 Å². The molecule has 1 amide bonds. The molecule has 1 aliphatic heterocycles. The molecule has 0 radical (unpaired) electrons. The molecule has 3 aromatic rings. The van der Waals surface area contributed by atoms with Gasteiger partial charge in [0.05, 0.1) is 16.7 Å². The Balaban J connectivity index is 1.39. The Labute approximate surface area is 215 Å². The molecule has 37 heavy (non-hydrogen) atoms. The minimum atomic E-state index is -4.50. The summed E-state index contributed by atoms with van der Waals surface area (Å²) < 4.78 is 62.7. The molecule has 3 aromatic heterocycles. The van der Waals surface area contributed by atoms with Crippen LogP contribution in [0.4, 0.5) is 29.8 Å². The second-order valence-corrected chi connectivity index (χ2v) is 11.3. The van der Waals surface area contributed by atoms with Gasteiger partial charge in [-0.25, -0.2) is 23.1 Å². The maximum Gasteiger partial charge on any atom is 0.405 e. The van der Waals surface area contributed by atoms with Gasteiger partial charge in [-0.2, -0.15) is 13.2 Å². The Kier molecular flexibility index (Phi) is 7.94. The molecule has 10 nitrogen and oxygen atoms in total. The van der Waals surface area contributed by atoms with E-state index < -0.39 is 28.7 Å². The van der Waals surface area contributed by atoms with E-state index in [9.17, 15) is 26.4 Å². The van der Waals surface area contributed by atoms with E-state index in [1.807, 2.05) is 17.4 Å². The topological polar surface area (TPSA) is 129 Å².